The van der Waals surface area contributed by atoms with E-state index >= 15 is 0 Å². The number of anilines is 1. The van der Waals surface area contributed by atoms with E-state index in [0.29, 0.717) is 36.2 Å². The first kappa shape index (κ1) is 25.6. The maximum atomic E-state index is 11.3. The fourth-order valence-corrected chi connectivity index (χ4v) is 3.00. The van der Waals surface area contributed by atoms with Crippen LogP contribution in [-0.2, 0) is 20.8 Å². The van der Waals surface area contributed by atoms with Gasteiger partial charge in [-0.3, -0.25) is 4.79 Å². The lowest BCUT2D eigenvalue weighted by Gasteiger charge is -2.21. The van der Waals surface area contributed by atoms with Crippen molar-refractivity contribution in [3.05, 3.63) is 71.8 Å². The predicted octanol–water partition coefficient (Wildman–Crippen LogP) is 2.37. The molecule has 2 atom stereocenters. The largest absolute Gasteiger partial charge is 0.482 e. The minimum Gasteiger partial charge on any atom is -0.482 e. The van der Waals surface area contributed by atoms with Crippen molar-refractivity contribution in [3.63, 3.8) is 0 Å². The Labute approximate surface area is 191 Å². The summed E-state index contributed by atoms with van der Waals surface area (Å²) < 4.78 is 5.40. The minimum absolute atomic E-state index is 0.0152. The SMILES string of the molecule is CC(CCc1ccccc1)NCC(O)c1ccc2c(c1)OCC(=O)N2.O=C(O)C=CC(=O)O. The number of hydrogen-bond donors (Lipinski definition) is 5. The molecule has 9 nitrogen and oxygen atoms in total. The highest BCUT2D eigenvalue weighted by molar-refractivity contribution is 5.95. The summed E-state index contributed by atoms with van der Waals surface area (Å²) >= 11 is 0. The van der Waals surface area contributed by atoms with Crippen molar-refractivity contribution in [2.75, 3.05) is 18.5 Å². The summed E-state index contributed by atoms with van der Waals surface area (Å²) in [5, 5.41) is 32.2. The zero-order valence-electron chi connectivity index (χ0n) is 18.2. The molecule has 0 radical (unpaired) electrons. The maximum absolute atomic E-state index is 11.3. The van der Waals surface area contributed by atoms with Gasteiger partial charge >= 0.3 is 11.9 Å². The highest BCUT2D eigenvalue weighted by atomic mass is 16.5. The van der Waals surface area contributed by atoms with Gasteiger partial charge in [0.25, 0.3) is 5.91 Å². The van der Waals surface area contributed by atoms with E-state index in [9.17, 15) is 19.5 Å². The molecular formula is C24H28N2O7. The Morgan fingerprint density at radius 3 is 2.42 bits per heavy atom. The number of nitrogens with one attached hydrogen (secondary N) is 2. The lowest BCUT2D eigenvalue weighted by Crippen LogP contribution is -2.31. The molecule has 1 aliphatic heterocycles. The van der Waals surface area contributed by atoms with E-state index in [-0.39, 0.29) is 12.5 Å². The van der Waals surface area contributed by atoms with Gasteiger partial charge < -0.3 is 30.7 Å². The third-order valence-corrected chi connectivity index (χ3v) is 4.76. The van der Waals surface area contributed by atoms with Crippen LogP contribution in [0.5, 0.6) is 5.75 Å². The monoisotopic (exact) mass is 456 g/mol. The number of carbonyl (C=O) groups is 3. The Morgan fingerprint density at radius 1 is 1.12 bits per heavy atom. The average Bonchev–Trinajstić information content (AvgIpc) is 2.80. The number of hydrogen-bond acceptors (Lipinski definition) is 6. The van der Waals surface area contributed by atoms with E-state index in [1.165, 1.54) is 5.56 Å². The molecule has 2 aromatic carbocycles. The van der Waals surface area contributed by atoms with Crippen LogP contribution in [0.4, 0.5) is 5.69 Å². The van der Waals surface area contributed by atoms with Gasteiger partial charge in [0.1, 0.15) is 5.75 Å². The molecule has 0 saturated carbocycles. The van der Waals surface area contributed by atoms with Gasteiger partial charge in [0, 0.05) is 24.7 Å². The summed E-state index contributed by atoms with van der Waals surface area (Å²) in [6, 6.07) is 16.1. The number of aliphatic hydroxyl groups excluding tert-OH is 1. The molecule has 1 heterocycles. The highest BCUT2D eigenvalue weighted by Gasteiger charge is 2.18. The van der Waals surface area contributed by atoms with Crippen LogP contribution in [0.1, 0.15) is 30.6 Å². The van der Waals surface area contributed by atoms with Gasteiger partial charge in [-0.15, -0.1) is 0 Å². The van der Waals surface area contributed by atoms with E-state index in [4.69, 9.17) is 14.9 Å². The van der Waals surface area contributed by atoms with Crippen molar-refractivity contribution < 1.29 is 34.4 Å². The van der Waals surface area contributed by atoms with Crippen molar-refractivity contribution in [2.45, 2.75) is 31.9 Å². The second kappa shape index (κ2) is 13.0. The highest BCUT2D eigenvalue weighted by Crippen LogP contribution is 2.30. The van der Waals surface area contributed by atoms with E-state index in [1.54, 1.807) is 12.1 Å². The minimum atomic E-state index is -1.26. The molecule has 0 spiro atoms. The molecule has 1 aliphatic rings. The number of carbonyl (C=O) groups excluding carboxylic acids is 1. The number of aryl methyl sites for hydroxylation is 1. The standard InChI is InChI=1S/C20H24N2O3.C4H4O4/c1-14(7-8-15-5-3-2-4-6-15)21-12-18(23)16-9-10-17-19(11-16)25-13-20(24)22-17;5-3(6)1-2-4(7)8/h2-6,9-11,14,18,21,23H,7-8,12-13H2,1H3,(H,22,24);1-2H,(H,5,6)(H,7,8). The van der Waals surface area contributed by atoms with E-state index in [1.807, 2.05) is 12.1 Å². The fraction of sp³-hybridized carbons (Fsp3) is 0.292. The van der Waals surface area contributed by atoms with Gasteiger partial charge in [0.05, 0.1) is 11.8 Å². The van der Waals surface area contributed by atoms with Crippen molar-refractivity contribution in [3.8, 4) is 5.75 Å². The molecule has 3 rings (SSSR count). The molecule has 2 unspecified atom stereocenters. The van der Waals surface area contributed by atoms with Crippen LogP contribution in [0.2, 0.25) is 0 Å². The third kappa shape index (κ3) is 9.55. The normalized spacial score (nSPS) is 14.2. The van der Waals surface area contributed by atoms with Gasteiger partial charge in [0.15, 0.2) is 6.61 Å². The Kier molecular flexibility index (Phi) is 10.1. The smallest absolute Gasteiger partial charge is 0.328 e. The fourth-order valence-electron chi connectivity index (χ4n) is 3.00. The summed E-state index contributed by atoms with van der Waals surface area (Å²) in [4.78, 5) is 30.4. The van der Waals surface area contributed by atoms with Crippen LogP contribution in [0.3, 0.4) is 0 Å². The van der Waals surface area contributed by atoms with Crippen LogP contribution in [0, 0.1) is 0 Å². The molecule has 0 saturated heterocycles. The number of aliphatic hydroxyl groups is 1. The molecule has 9 heteroatoms. The molecule has 176 valence electrons. The molecule has 0 bridgehead atoms. The van der Waals surface area contributed by atoms with E-state index in [0.717, 1.165) is 18.4 Å². The van der Waals surface area contributed by atoms with E-state index in [2.05, 4.69) is 41.8 Å². The van der Waals surface area contributed by atoms with Crippen LogP contribution in [-0.4, -0.2) is 52.4 Å². The average molecular weight is 456 g/mol. The molecule has 0 aliphatic carbocycles. The first-order valence-electron chi connectivity index (χ1n) is 10.4. The van der Waals surface area contributed by atoms with E-state index < -0.39 is 18.0 Å². The van der Waals surface area contributed by atoms with Gasteiger partial charge in [-0.05, 0) is 43.0 Å². The lowest BCUT2D eigenvalue weighted by molar-refractivity contribution is -0.134. The van der Waals surface area contributed by atoms with Crippen LogP contribution in [0.15, 0.2) is 60.7 Å². The van der Waals surface area contributed by atoms with Gasteiger partial charge in [0.2, 0.25) is 0 Å². The Balaban J connectivity index is 0.000000414. The molecule has 1 amide bonds. The number of ether oxygens (including phenoxy) is 1. The second-order valence-corrected chi connectivity index (χ2v) is 7.45. The Morgan fingerprint density at radius 2 is 1.79 bits per heavy atom. The second-order valence-electron chi connectivity index (χ2n) is 7.45. The number of benzene rings is 2. The number of carboxylic acids is 2. The maximum Gasteiger partial charge on any atom is 0.328 e. The number of rotatable bonds is 9. The molecule has 5 N–H and O–H groups in total. The quantitative estimate of drug-likeness (QED) is 0.362. The summed E-state index contributed by atoms with van der Waals surface area (Å²) in [5.41, 5.74) is 2.75. The summed E-state index contributed by atoms with van der Waals surface area (Å²) in [6.07, 6.45) is 2.52. The summed E-state index contributed by atoms with van der Waals surface area (Å²) in [6.45, 7) is 2.61. The third-order valence-electron chi connectivity index (χ3n) is 4.76. The number of carboxylic acid groups (broad SMARTS) is 2. The molecular weight excluding hydrogens is 428 g/mol. The van der Waals surface area contributed by atoms with Gasteiger partial charge in [-0.1, -0.05) is 36.4 Å². The molecule has 0 fully saturated rings. The van der Waals surface area contributed by atoms with Crippen molar-refractivity contribution in [1.82, 2.24) is 5.32 Å². The topological polar surface area (TPSA) is 145 Å². The van der Waals surface area contributed by atoms with Crippen LogP contribution >= 0.6 is 0 Å². The Bertz CT molecular complexity index is 960. The number of fused-ring (bicyclic) bond motifs is 1. The number of aliphatic carboxylic acids is 2. The van der Waals surface area contributed by atoms with Crippen LogP contribution < -0.4 is 15.4 Å². The summed E-state index contributed by atoms with van der Waals surface area (Å²) in [7, 11) is 0. The predicted molar refractivity (Wildman–Crippen MR) is 122 cm³/mol. The van der Waals surface area contributed by atoms with Crippen molar-refractivity contribution in [1.29, 1.82) is 0 Å². The first-order chi connectivity index (χ1) is 15.7. The molecule has 0 aromatic heterocycles. The van der Waals surface area contributed by atoms with Gasteiger partial charge in [-0.25, -0.2) is 9.59 Å². The zero-order chi connectivity index (χ0) is 24.2. The first-order valence-corrected chi connectivity index (χ1v) is 10.4. The molecule has 2 aromatic rings. The van der Waals surface area contributed by atoms with Gasteiger partial charge in [-0.2, -0.15) is 0 Å². The number of amides is 1. The zero-order valence-corrected chi connectivity index (χ0v) is 18.2. The lowest BCUT2D eigenvalue weighted by atomic mass is 10.0. The van der Waals surface area contributed by atoms with Crippen LogP contribution in [0.25, 0.3) is 0 Å². The molecule has 33 heavy (non-hydrogen) atoms. The van der Waals surface area contributed by atoms with Crippen molar-refractivity contribution >= 4 is 23.5 Å². The van der Waals surface area contributed by atoms with Crippen molar-refractivity contribution in [2.24, 2.45) is 0 Å². The Hall–Kier alpha value is -3.69. The summed E-state index contributed by atoms with van der Waals surface area (Å²) in [5.74, 6) is -2.07.